The molecule has 0 rings (SSSR count). The number of aldehydes is 1. The van der Waals surface area contributed by atoms with Crippen LogP contribution in [0.4, 0.5) is 0 Å². The third-order valence-electron chi connectivity index (χ3n) is 2.41. The maximum atomic E-state index is 11.6. The zero-order valence-corrected chi connectivity index (χ0v) is 12.5. The van der Waals surface area contributed by atoms with Crippen LogP contribution < -0.4 is 0 Å². The van der Waals surface area contributed by atoms with Crippen LogP contribution in [0.3, 0.4) is 0 Å². The van der Waals surface area contributed by atoms with Gasteiger partial charge in [0.2, 0.25) is 0 Å². The van der Waals surface area contributed by atoms with E-state index < -0.39 is 82.5 Å². The lowest BCUT2D eigenvalue weighted by Crippen LogP contribution is -2.53. The van der Waals surface area contributed by atoms with Crippen molar-refractivity contribution in [2.75, 3.05) is 6.61 Å². The van der Waals surface area contributed by atoms with Crippen LogP contribution in [-0.2, 0) is 42.9 Å². The quantitative estimate of drug-likeness (QED) is 0.309. The van der Waals surface area contributed by atoms with E-state index in [-0.39, 0.29) is 6.29 Å². The number of aliphatic hydroxyl groups is 1. The lowest BCUT2D eigenvalue weighted by molar-refractivity contribution is -0.199. The molecule has 0 saturated carbocycles. The summed E-state index contributed by atoms with van der Waals surface area (Å²) >= 11 is 0. The van der Waals surface area contributed by atoms with E-state index in [0.717, 1.165) is 0 Å². The molecule has 136 valence electrons. The first-order valence-corrected chi connectivity index (χ1v) is 6.28. The summed E-state index contributed by atoms with van der Waals surface area (Å²) in [6.07, 6.45) is -7.59. The largest absolute Gasteiger partial charge is 0.456 e. The molecule has 10 nitrogen and oxygen atoms in total. The number of rotatable bonds is 9. The molecule has 4 atom stereocenters. The van der Waals surface area contributed by atoms with Crippen LogP contribution in [0.2, 0.25) is 0 Å². The zero-order chi connectivity index (χ0) is 21.7. The fourth-order valence-electron chi connectivity index (χ4n) is 1.68. The fourth-order valence-corrected chi connectivity index (χ4v) is 1.68. The molecule has 0 aliphatic rings. The number of carbonyl (C=O) groups excluding carboxylic acids is 5. The van der Waals surface area contributed by atoms with Crippen molar-refractivity contribution in [2.45, 2.75) is 52.0 Å². The minimum Gasteiger partial charge on any atom is -0.456 e. The summed E-state index contributed by atoms with van der Waals surface area (Å²) in [7, 11) is 0. The number of ether oxygens (including phenoxy) is 4. The van der Waals surface area contributed by atoms with Crippen molar-refractivity contribution in [3.63, 3.8) is 0 Å². The monoisotopic (exact) mass is 352 g/mol. The highest BCUT2D eigenvalue weighted by atomic mass is 16.6. The van der Waals surface area contributed by atoms with Gasteiger partial charge in [0.05, 0.1) is 6.61 Å². The molecule has 0 radical (unpaired) electrons. The predicted molar refractivity (Wildman–Crippen MR) is 75.4 cm³/mol. The highest BCUT2D eigenvalue weighted by Gasteiger charge is 2.43. The standard InChI is InChI=1S/C14H20O10/c1-7(17)21-11(5-15)13(23-9(3)19)14(24-10(4)20)12(6-16)22-8(2)18/h5,11-14,16H,6H2,1-4H3/t11-,12-,13+,14+/m1/s1/i1D,2D,3D,4D. The first kappa shape index (κ1) is 15.1. The third kappa shape index (κ3) is 7.68. The van der Waals surface area contributed by atoms with E-state index >= 15 is 0 Å². The highest BCUT2D eigenvalue weighted by molar-refractivity contribution is 5.72. The molecule has 10 heteroatoms. The minimum atomic E-state index is -1.96. The fraction of sp³-hybridized carbons (Fsp3) is 0.643. The van der Waals surface area contributed by atoms with Crippen molar-refractivity contribution in [1.82, 2.24) is 0 Å². The van der Waals surface area contributed by atoms with Gasteiger partial charge in [0, 0.05) is 33.1 Å². The van der Waals surface area contributed by atoms with Gasteiger partial charge in [0.25, 0.3) is 0 Å². The van der Waals surface area contributed by atoms with E-state index in [4.69, 9.17) is 19.7 Å². The summed E-state index contributed by atoms with van der Waals surface area (Å²) in [6, 6.07) is 0. The van der Waals surface area contributed by atoms with Crippen LogP contribution in [0, 0.1) is 0 Å². The van der Waals surface area contributed by atoms with Crippen LogP contribution in [0.1, 0.15) is 33.1 Å². The molecule has 24 heavy (non-hydrogen) atoms. The van der Waals surface area contributed by atoms with Crippen molar-refractivity contribution >= 4 is 30.2 Å². The maximum absolute atomic E-state index is 11.6. The second-order valence-electron chi connectivity index (χ2n) is 4.21. The molecule has 0 aromatic heterocycles. The Kier molecular flexibility index (Phi) is 6.47. The molecule has 0 aliphatic heterocycles. The average molecular weight is 352 g/mol. The van der Waals surface area contributed by atoms with Gasteiger partial charge in [-0.25, -0.2) is 0 Å². The molecule has 0 fully saturated rings. The maximum Gasteiger partial charge on any atom is 0.303 e. The second kappa shape index (κ2) is 10.3. The molecule has 0 heterocycles. The average Bonchev–Trinajstić information content (AvgIpc) is 2.71. The van der Waals surface area contributed by atoms with E-state index in [2.05, 4.69) is 4.74 Å². The Morgan fingerprint density at radius 3 is 1.79 bits per heavy atom. The summed E-state index contributed by atoms with van der Waals surface area (Å²) in [5.41, 5.74) is 0. The van der Waals surface area contributed by atoms with Crippen molar-refractivity contribution in [2.24, 2.45) is 0 Å². The molecule has 0 unspecified atom stereocenters. The van der Waals surface area contributed by atoms with Crippen LogP contribution in [-0.4, -0.2) is 66.3 Å². The first-order chi connectivity index (χ1) is 13.3. The van der Waals surface area contributed by atoms with Crippen LogP contribution in [0.25, 0.3) is 0 Å². The third-order valence-corrected chi connectivity index (χ3v) is 2.41. The Bertz CT molecular complexity index is 558. The van der Waals surface area contributed by atoms with Gasteiger partial charge in [-0.2, -0.15) is 0 Å². The van der Waals surface area contributed by atoms with Gasteiger partial charge < -0.3 is 24.1 Å². The summed E-state index contributed by atoms with van der Waals surface area (Å²) < 4.78 is 46.9. The van der Waals surface area contributed by atoms with Crippen LogP contribution in [0.15, 0.2) is 0 Å². The smallest absolute Gasteiger partial charge is 0.303 e. The normalized spacial score (nSPS) is 17.4. The van der Waals surface area contributed by atoms with Gasteiger partial charge in [0.15, 0.2) is 30.7 Å². The lowest BCUT2D eigenvalue weighted by atomic mass is 10.0. The molecular formula is C14H20O10. The molecule has 0 aromatic rings. The highest BCUT2D eigenvalue weighted by Crippen LogP contribution is 2.18. The van der Waals surface area contributed by atoms with Gasteiger partial charge in [-0.3, -0.25) is 24.0 Å². The van der Waals surface area contributed by atoms with Crippen molar-refractivity contribution < 1.29 is 53.5 Å². The number of carbonyl (C=O) groups is 5. The van der Waals surface area contributed by atoms with Crippen LogP contribution in [0.5, 0.6) is 0 Å². The Morgan fingerprint density at radius 1 is 0.875 bits per heavy atom. The zero-order valence-electron chi connectivity index (χ0n) is 16.5. The SMILES string of the molecule is [2H]CC(=O)O[C@H]([C@@H](OC(=O)C[2H])[C@@H](CO)OC(=O)C[2H])[C@@H](C=O)OC(=O)C[2H]. The Hall–Kier alpha value is -2.49. The Labute approximate surface area is 143 Å². The first-order valence-electron chi connectivity index (χ1n) is 9.11. The second-order valence-corrected chi connectivity index (χ2v) is 4.21. The number of aliphatic hydroxyl groups excluding tert-OH is 1. The molecule has 0 amide bonds. The molecule has 0 aromatic carbocycles. The minimum absolute atomic E-state index is 0.0161. The Balaban J connectivity index is 6.02. The van der Waals surface area contributed by atoms with Crippen molar-refractivity contribution in [3.05, 3.63) is 0 Å². The van der Waals surface area contributed by atoms with Gasteiger partial charge in [0.1, 0.15) is 0 Å². The summed E-state index contributed by atoms with van der Waals surface area (Å²) in [6.45, 7) is -4.67. The molecular weight excluding hydrogens is 328 g/mol. The van der Waals surface area contributed by atoms with E-state index in [1.807, 2.05) is 0 Å². The molecule has 0 spiro atoms. The summed E-state index contributed by atoms with van der Waals surface area (Å²) in [4.78, 5) is 57.3. The van der Waals surface area contributed by atoms with E-state index in [0.29, 0.717) is 0 Å². The van der Waals surface area contributed by atoms with Gasteiger partial charge in [-0.15, -0.1) is 0 Å². The predicted octanol–water partition coefficient (Wildman–Crippen LogP) is -1.10. The van der Waals surface area contributed by atoms with Gasteiger partial charge in [-0.1, -0.05) is 0 Å². The lowest BCUT2D eigenvalue weighted by Gasteiger charge is -2.33. The molecule has 1 N–H and O–H groups in total. The molecule has 0 bridgehead atoms. The van der Waals surface area contributed by atoms with Gasteiger partial charge >= 0.3 is 23.9 Å². The van der Waals surface area contributed by atoms with E-state index in [9.17, 15) is 29.1 Å². The number of hydrogen-bond donors (Lipinski definition) is 1. The van der Waals surface area contributed by atoms with Crippen LogP contribution >= 0.6 is 0 Å². The topological polar surface area (TPSA) is 142 Å². The van der Waals surface area contributed by atoms with Gasteiger partial charge in [-0.05, 0) is 0 Å². The van der Waals surface area contributed by atoms with Crippen molar-refractivity contribution in [1.29, 1.82) is 0 Å². The van der Waals surface area contributed by atoms with E-state index in [1.165, 1.54) is 0 Å². The van der Waals surface area contributed by atoms with E-state index in [1.54, 1.807) is 0 Å². The number of esters is 4. The van der Waals surface area contributed by atoms with Crippen molar-refractivity contribution in [3.8, 4) is 0 Å². The summed E-state index contributed by atoms with van der Waals surface area (Å²) in [5, 5.41) is 9.47. The summed E-state index contributed by atoms with van der Waals surface area (Å²) in [5.74, 6) is -4.84. The molecule has 0 saturated heterocycles. The number of hydrogen-bond acceptors (Lipinski definition) is 10. The molecule has 0 aliphatic carbocycles. The Morgan fingerprint density at radius 2 is 1.33 bits per heavy atom.